The lowest BCUT2D eigenvalue weighted by Crippen LogP contribution is -2.55. The first-order valence-corrected chi connectivity index (χ1v) is 14.0. The lowest BCUT2D eigenvalue weighted by atomic mass is 9.90. The molecular formula is C28H33BrClN5O2. The molecule has 5 rings (SSSR count). The van der Waals surface area contributed by atoms with Crippen LogP contribution in [0.1, 0.15) is 24.0 Å². The van der Waals surface area contributed by atoms with Gasteiger partial charge < -0.3 is 14.7 Å². The van der Waals surface area contributed by atoms with E-state index in [1.54, 1.807) is 12.4 Å². The van der Waals surface area contributed by atoms with E-state index in [4.69, 9.17) is 16.3 Å². The normalized spacial score (nSPS) is 18.6. The molecule has 37 heavy (non-hydrogen) atoms. The molecule has 1 aromatic heterocycles. The third-order valence-electron chi connectivity index (χ3n) is 7.24. The first-order chi connectivity index (χ1) is 18.0. The SMILES string of the molecule is OC1(CN2CCN(c3ncccn3)CC2)CCN(Cc2cc(Br)ccc2OCc2ccc(Cl)cc2)CC1. The molecule has 196 valence electrons. The van der Waals surface area contributed by atoms with Crippen LogP contribution in [0.2, 0.25) is 5.02 Å². The van der Waals surface area contributed by atoms with Gasteiger partial charge in [-0.3, -0.25) is 9.80 Å². The van der Waals surface area contributed by atoms with Crippen LogP contribution in [0.5, 0.6) is 5.75 Å². The van der Waals surface area contributed by atoms with E-state index in [1.165, 1.54) is 0 Å². The minimum Gasteiger partial charge on any atom is -0.489 e. The van der Waals surface area contributed by atoms with Gasteiger partial charge in [-0.25, -0.2) is 9.97 Å². The molecule has 2 fully saturated rings. The van der Waals surface area contributed by atoms with Crippen LogP contribution in [0.25, 0.3) is 0 Å². The second-order valence-electron chi connectivity index (χ2n) is 9.98. The van der Waals surface area contributed by atoms with Gasteiger partial charge in [0.15, 0.2) is 0 Å². The number of piperazine rings is 1. The highest BCUT2D eigenvalue weighted by atomic mass is 79.9. The molecule has 0 bridgehead atoms. The Morgan fingerprint density at radius 3 is 2.32 bits per heavy atom. The number of ether oxygens (including phenoxy) is 1. The molecule has 2 saturated heterocycles. The smallest absolute Gasteiger partial charge is 0.225 e. The van der Waals surface area contributed by atoms with Gasteiger partial charge in [0.25, 0.3) is 0 Å². The Labute approximate surface area is 232 Å². The summed E-state index contributed by atoms with van der Waals surface area (Å²) in [5, 5.41) is 12.1. The van der Waals surface area contributed by atoms with E-state index in [-0.39, 0.29) is 0 Å². The van der Waals surface area contributed by atoms with Crippen molar-refractivity contribution in [2.75, 3.05) is 50.7 Å². The summed E-state index contributed by atoms with van der Waals surface area (Å²) in [6.07, 6.45) is 5.11. The minimum atomic E-state index is -0.646. The summed E-state index contributed by atoms with van der Waals surface area (Å²) in [5.74, 6) is 1.68. The predicted octanol–water partition coefficient (Wildman–Crippen LogP) is 4.62. The molecule has 0 radical (unpaired) electrons. The van der Waals surface area contributed by atoms with Gasteiger partial charge in [0, 0.05) is 79.8 Å². The van der Waals surface area contributed by atoms with Crippen LogP contribution in [0.4, 0.5) is 5.95 Å². The molecule has 9 heteroatoms. The quantitative estimate of drug-likeness (QED) is 0.413. The van der Waals surface area contributed by atoms with Crippen molar-refractivity contribution < 1.29 is 9.84 Å². The standard InChI is InChI=1S/C28H33BrClN5O2/c29-24-4-7-26(37-20-22-2-5-25(30)6-3-22)23(18-24)19-33-12-8-28(36,9-13-33)21-34-14-16-35(17-15-34)27-31-10-1-11-32-27/h1-7,10-11,18,36H,8-9,12-17,19-21H2. The number of aliphatic hydroxyl groups is 1. The zero-order valence-electron chi connectivity index (χ0n) is 20.9. The largest absolute Gasteiger partial charge is 0.489 e. The molecule has 0 aliphatic carbocycles. The third-order valence-corrected chi connectivity index (χ3v) is 7.98. The summed E-state index contributed by atoms with van der Waals surface area (Å²) in [6, 6.07) is 15.8. The molecule has 3 heterocycles. The first-order valence-electron chi connectivity index (χ1n) is 12.8. The van der Waals surface area contributed by atoms with Crippen LogP contribution in [-0.4, -0.2) is 76.3 Å². The fourth-order valence-corrected chi connectivity index (χ4v) is 5.59. The second-order valence-corrected chi connectivity index (χ2v) is 11.3. The maximum Gasteiger partial charge on any atom is 0.225 e. The van der Waals surface area contributed by atoms with Gasteiger partial charge in [-0.15, -0.1) is 0 Å². The van der Waals surface area contributed by atoms with Crippen LogP contribution in [-0.2, 0) is 13.2 Å². The molecule has 0 amide bonds. The van der Waals surface area contributed by atoms with E-state index in [1.807, 2.05) is 42.5 Å². The Kier molecular flexibility index (Phi) is 8.62. The number of likely N-dealkylation sites (tertiary alicyclic amines) is 1. The highest BCUT2D eigenvalue weighted by Crippen LogP contribution is 2.29. The Morgan fingerprint density at radius 2 is 1.62 bits per heavy atom. The molecule has 2 aliphatic rings. The lowest BCUT2D eigenvalue weighted by Gasteiger charge is -2.43. The molecule has 0 unspecified atom stereocenters. The second kappa shape index (κ2) is 12.1. The van der Waals surface area contributed by atoms with Crippen molar-refractivity contribution in [2.45, 2.75) is 31.6 Å². The lowest BCUT2D eigenvalue weighted by molar-refractivity contribution is -0.0476. The molecule has 0 saturated carbocycles. The molecule has 1 N–H and O–H groups in total. The highest BCUT2D eigenvalue weighted by molar-refractivity contribution is 9.10. The van der Waals surface area contributed by atoms with Crippen molar-refractivity contribution in [3.63, 3.8) is 0 Å². The van der Waals surface area contributed by atoms with Gasteiger partial charge in [0.1, 0.15) is 12.4 Å². The first kappa shape index (κ1) is 26.4. The maximum atomic E-state index is 11.4. The number of anilines is 1. The van der Waals surface area contributed by atoms with Crippen molar-refractivity contribution in [3.05, 3.63) is 81.5 Å². The van der Waals surface area contributed by atoms with Crippen LogP contribution in [0.15, 0.2) is 65.4 Å². The summed E-state index contributed by atoms with van der Waals surface area (Å²) in [4.78, 5) is 15.7. The Balaban J connectivity index is 1.12. The number of hydrogen-bond donors (Lipinski definition) is 1. The summed E-state index contributed by atoms with van der Waals surface area (Å²) in [7, 11) is 0. The molecule has 0 atom stereocenters. The molecule has 2 aromatic carbocycles. The number of β-amino-alcohol motifs (C(OH)–C–C–N with tert-alkyl or cyclic N) is 1. The van der Waals surface area contributed by atoms with Gasteiger partial charge in [-0.2, -0.15) is 0 Å². The number of piperidine rings is 1. The maximum absolute atomic E-state index is 11.4. The van der Waals surface area contributed by atoms with Gasteiger partial charge in [-0.1, -0.05) is 39.7 Å². The van der Waals surface area contributed by atoms with Crippen molar-refractivity contribution in [2.24, 2.45) is 0 Å². The van der Waals surface area contributed by atoms with Crippen LogP contribution in [0, 0.1) is 0 Å². The average Bonchev–Trinajstić information content (AvgIpc) is 2.91. The molecule has 3 aromatic rings. The zero-order chi connectivity index (χ0) is 25.7. The van der Waals surface area contributed by atoms with E-state index < -0.39 is 5.60 Å². The van der Waals surface area contributed by atoms with E-state index in [2.05, 4.69) is 46.7 Å². The number of halogens is 2. The highest BCUT2D eigenvalue weighted by Gasteiger charge is 2.35. The van der Waals surface area contributed by atoms with Gasteiger partial charge in [0.2, 0.25) is 5.95 Å². The van der Waals surface area contributed by atoms with Crippen molar-refractivity contribution in [1.82, 2.24) is 19.8 Å². The van der Waals surface area contributed by atoms with Crippen LogP contribution < -0.4 is 9.64 Å². The number of hydrogen-bond acceptors (Lipinski definition) is 7. The minimum absolute atomic E-state index is 0.495. The number of nitrogens with zero attached hydrogens (tertiary/aromatic N) is 5. The molecule has 0 spiro atoms. The number of aromatic nitrogens is 2. The average molecular weight is 587 g/mol. The van der Waals surface area contributed by atoms with Crippen molar-refractivity contribution in [3.8, 4) is 5.75 Å². The Bertz CT molecular complexity index is 1150. The van der Waals surface area contributed by atoms with Gasteiger partial charge >= 0.3 is 0 Å². The van der Waals surface area contributed by atoms with Crippen molar-refractivity contribution in [1.29, 1.82) is 0 Å². The summed E-state index contributed by atoms with van der Waals surface area (Å²) in [6.45, 7) is 7.32. The Morgan fingerprint density at radius 1 is 0.919 bits per heavy atom. The monoisotopic (exact) mass is 585 g/mol. The zero-order valence-corrected chi connectivity index (χ0v) is 23.2. The van der Waals surface area contributed by atoms with E-state index in [9.17, 15) is 5.11 Å². The van der Waals surface area contributed by atoms with E-state index in [0.29, 0.717) is 6.61 Å². The third kappa shape index (κ3) is 7.21. The van der Waals surface area contributed by atoms with E-state index >= 15 is 0 Å². The van der Waals surface area contributed by atoms with E-state index in [0.717, 1.165) is 97.5 Å². The molecular weight excluding hydrogens is 554 g/mol. The summed E-state index contributed by atoms with van der Waals surface area (Å²) in [5.41, 5.74) is 1.58. The molecule has 2 aliphatic heterocycles. The fourth-order valence-electron chi connectivity index (χ4n) is 5.06. The van der Waals surface area contributed by atoms with Crippen LogP contribution in [0.3, 0.4) is 0 Å². The predicted molar refractivity (Wildman–Crippen MR) is 150 cm³/mol. The Hall–Kier alpha value is -2.23. The van der Waals surface area contributed by atoms with Crippen LogP contribution >= 0.6 is 27.5 Å². The summed E-state index contributed by atoms with van der Waals surface area (Å²) < 4.78 is 7.22. The topological polar surface area (TPSA) is 65.0 Å². The van der Waals surface area contributed by atoms with Crippen molar-refractivity contribution >= 4 is 33.5 Å². The summed E-state index contributed by atoms with van der Waals surface area (Å²) >= 11 is 9.62. The van der Waals surface area contributed by atoms with Gasteiger partial charge in [0.05, 0.1) is 5.60 Å². The number of benzene rings is 2. The molecule has 7 nitrogen and oxygen atoms in total. The fraction of sp³-hybridized carbons (Fsp3) is 0.429. The van der Waals surface area contributed by atoms with Gasteiger partial charge in [-0.05, 0) is 54.8 Å². The number of rotatable bonds is 8.